The van der Waals surface area contributed by atoms with Crippen LogP contribution in [0.15, 0.2) is 47.9 Å². The van der Waals surface area contributed by atoms with Gasteiger partial charge in [-0.15, -0.1) is 11.8 Å². The second-order valence-electron chi connectivity index (χ2n) is 2.25. The van der Waals surface area contributed by atoms with Crippen LogP contribution in [0.1, 0.15) is 41.0 Å². The van der Waals surface area contributed by atoms with E-state index in [1.807, 2.05) is 39.8 Å². The minimum absolute atomic E-state index is 1.03. The van der Waals surface area contributed by atoms with Crippen LogP contribution in [0.5, 0.6) is 0 Å². The molecule has 0 amide bonds. The van der Waals surface area contributed by atoms with Gasteiger partial charge in [-0.3, -0.25) is 0 Å². The lowest BCUT2D eigenvalue weighted by Gasteiger charge is -2.02. The van der Waals surface area contributed by atoms with E-state index in [-0.39, 0.29) is 0 Å². The summed E-state index contributed by atoms with van der Waals surface area (Å²) in [5.41, 5.74) is 1.29. The first-order chi connectivity index (χ1) is 7.79. The fraction of sp³-hybridized carbons (Fsp3) is 0.467. The molecule has 0 aliphatic carbocycles. The van der Waals surface area contributed by atoms with Crippen LogP contribution in [0.3, 0.4) is 0 Å². The third-order valence-corrected chi connectivity index (χ3v) is 2.39. The van der Waals surface area contributed by atoms with Crippen molar-refractivity contribution >= 4 is 11.8 Å². The molecule has 0 radical (unpaired) electrons. The Labute approximate surface area is 107 Å². The van der Waals surface area contributed by atoms with Gasteiger partial charge in [-0.25, -0.2) is 0 Å². The summed E-state index contributed by atoms with van der Waals surface area (Å²) in [7, 11) is 0. The van der Waals surface area contributed by atoms with Gasteiger partial charge < -0.3 is 0 Å². The Kier molecular flexibility index (Phi) is 25.6. The van der Waals surface area contributed by atoms with E-state index in [1.165, 1.54) is 10.5 Å². The smallest absolute Gasteiger partial charge is 0.0101 e. The third kappa shape index (κ3) is 11.4. The molecule has 16 heavy (non-hydrogen) atoms. The molecule has 0 bridgehead atoms. The number of hydrogen-bond acceptors (Lipinski definition) is 1. The maximum Gasteiger partial charge on any atom is 0.0101 e. The molecule has 1 heteroatoms. The van der Waals surface area contributed by atoms with Crippen LogP contribution in [0.25, 0.3) is 0 Å². The van der Waals surface area contributed by atoms with E-state index in [0.717, 1.165) is 6.42 Å². The molecule has 0 saturated carbocycles. The Morgan fingerprint density at radius 1 is 1.12 bits per heavy atom. The molecule has 0 rings (SSSR count). The van der Waals surface area contributed by atoms with Gasteiger partial charge >= 0.3 is 0 Å². The van der Waals surface area contributed by atoms with Crippen molar-refractivity contribution < 1.29 is 0 Å². The topological polar surface area (TPSA) is 0 Å². The molecule has 0 unspecified atom stereocenters. The van der Waals surface area contributed by atoms with Gasteiger partial charge in [0.2, 0.25) is 0 Å². The van der Waals surface area contributed by atoms with Gasteiger partial charge in [-0.2, -0.15) is 0 Å². The van der Waals surface area contributed by atoms with Crippen LogP contribution in [0.4, 0.5) is 0 Å². The molecule has 0 aromatic heterocycles. The highest BCUT2D eigenvalue weighted by atomic mass is 32.2. The van der Waals surface area contributed by atoms with Crippen LogP contribution in [0, 0.1) is 0 Å². The molecule has 0 aliphatic rings. The van der Waals surface area contributed by atoms with Crippen LogP contribution >= 0.6 is 11.8 Å². The predicted molar refractivity (Wildman–Crippen MR) is 83.1 cm³/mol. The van der Waals surface area contributed by atoms with E-state index in [1.54, 1.807) is 17.8 Å². The molecule has 0 nitrogen and oxygen atoms in total. The van der Waals surface area contributed by atoms with Crippen LogP contribution in [-0.2, 0) is 0 Å². The maximum absolute atomic E-state index is 3.78. The molecule has 0 fully saturated rings. The highest BCUT2D eigenvalue weighted by Gasteiger charge is 1.95. The zero-order valence-corrected chi connectivity index (χ0v) is 12.7. The third-order valence-electron chi connectivity index (χ3n) is 1.55. The number of thioether (sulfide) groups is 1. The molecule has 94 valence electrons. The zero-order chi connectivity index (χ0) is 13.4. The summed E-state index contributed by atoms with van der Waals surface area (Å²) in [4.78, 5) is 1.27. The van der Waals surface area contributed by atoms with E-state index < -0.39 is 0 Å². The second kappa shape index (κ2) is 19.8. The Hall–Kier alpha value is -0.690. The van der Waals surface area contributed by atoms with Crippen molar-refractivity contribution in [2.75, 3.05) is 6.26 Å². The summed E-state index contributed by atoms with van der Waals surface area (Å²) in [5.74, 6) is 0. The summed E-state index contributed by atoms with van der Waals surface area (Å²) >= 11 is 1.74. The Morgan fingerprint density at radius 2 is 1.62 bits per heavy atom. The van der Waals surface area contributed by atoms with Crippen molar-refractivity contribution in [2.24, 2.45) is 0 Å². The predicted octanol–water partition coefficient (Wildman–Crippen LogP) is 5.99. The summed E-state index contributed by atoms with van der Waals surface area (Å²) in [5, 5.41) is 0. The van der Waals surface area contributed by atoms with Crippen molar-refractivity contribution in [2.45, 2.75) is 41.0 Å². The highest BCUT2D eigenvalue weighted by Crippen LogP contribution is 2.21. The first-order valence-electron chi connectivity index (χ1n) is 5.98. The summed E-state index contributed by atoms with van der Waals surface area (Å²) in [6.45, 7) is 17.5. The molecule has 0 saturated heterocycles. The Bertz CT molecular complexity index is 209. The van der Waals surface area contributed by atoms with Gasteiger partial charge in [-0.1, -0.05) is 66.0 Å². The molecular weight excluding hydrogens is 212 g/mol. The van der Waals surface area contributed by atoms with Crippen molar-refractivity contribution in [3.8, 4) is 0 Å². The van der Waals surface area contributed by atoms with E-state index in [0.29, 0.717) is 0 Å². The fourth-order valence-electron chi connectivity index (χ4n) is 0.881. The first kappa shape index (κ1) is 20.7. The lowest BCUT2D eigenvalue weighted by molar-refractivity contribution is 1.15. The molecule has 0 N–H and O–H groups in total. The normalized spacial score (nSPS) is 10.4. The van der Waals surface area contributed by atoms with Crippen LogP contribution in [-0.4, -0.2) is 6.26 Å². The molecule has 0 aromatic rings. The van der Waals surface area contributed by atoms with Crippen molar-refractivity contribution in [1.82, 2.24) is 0 Å². The molecule has 0 aromatic carbocycles. The largest absolute Gasteiger partial charge is 0.129 e. The van der Waals surface area contributed by atoms with Gasteiger partial charge in [0, 0.05) is 4.91 Å². The average molecular weight is 240 g/mol. The van der Waals surface area contributed by atoms with Gasteiger partial charge in [0.1, 0.15) is 0 Å². The lowest BCUT2D eigenvalue weighted by atomic mass is 10.2. The zero-order valence-electron chi connectivity index (χ0n) is 11.8. The van der Waals surface area contributed by atoms with Crippen LogP contribution in [0.2, 0.25) is 0 Å². The Morgan fingerprint density at radius 3 is 1.88 bits per heavy atom. The van der Waals surface area contributed by atoms with E-state index in [4.69, 9.17) is 0 Å². The van der Waals surface area contributed by atoms with Gasteiger partial charge in [0.25, 0.3) is 0 Å². The van der Waals surface area contributed by atoms with Gasteiger partial charge in [-0.05, 0) is 24.3 Å². The summed E-state index contributed by atoms with van der Waals surface area (Å²) < 4.78 is 0. The quantitative estimate of drug-likeness (QED) is 0.531. The van der Waals surface area contributed by atoms with E-state index >= 15 is 0 Å². The molecule has 0 heterocycles. The van der Waals surface area contributed by atoms with Crippen molar-refractivity contribution in [3.05, 3.63) is 47.9 Å². The van der Waals surface area contributed by atoms with Crippen molar-refractivity contribution in [3.63, 3.8) is 0 Å². The number of allylic oxidation sites excluding steroid dienone is 5. The van der Waals surface area contributed by atoms with Gasteiger partial charge in [0.15, 0.2) is 0 Å². The van der Waals surface area contributed by atoms with E-state index in [9.17, 15) is 0 Å². The fourth-order valence-corrected chi connectivity index (χ4v) is 1.59. The minimum atomic E-state index is 1.03. The molecule has 0 atom stereocenters. The van der Waals surface area contributed by atoms with E-state index in [2.05, 4.69) is 32.4 Å². The molecule has 0 spiro atoms. The van der Waals surface area contributed by atoms with Gasteiger partial charge in [0.05, 0.1) is 0 Å². The molecule has 0 aliphatic heterocycles. The van der Waals surface area contributed by atoms with Crippen LogP contribution < -0.4 is 0 Å². The Balaban J connectivity index is -0.000000376. The summed E-state index contributed by atoms with van der Waals surface area (Å²) in [6, 6.07) is 0. The monoisotopic (exact) mass is 240 g/mol. The second-order valence-corrected chi connectivity index (χ2v) is 3.09. The molecular formula is C15H28S. The first-order valence-corrected chi connectivity index (χ1v) is 7.21. The lowest BCUT2D eigenvalue weighted by Crippen LogP contribution is -1.79. The standard InChI is InChI=1S/C11H16S.2C2H6/c1-5-8-9-11(12-4)10(6-2)7-3;2*1-2/h5-6,8-9H,1-2,7H2,3-4H3;2*1-2H3/b9-8-,11-10-;;. The average Bonchev–Trinajstić information content (AvgIpc) is 2.39. The highest BCUT2D eigenvalue weighted by molar-refractivity contribution is 8.02. The maximum atomic E-state index is 3.78. The number of rotatable bonds is 5. The SMILES string of the molecule is C=C/C=C\C(SC)=C(/C=C)CC.CC.CC. The van der Waals surface area contributed by atoms with Crippen molar-refractivity contribution in [1.29, 1.82) is 0 Å². The number of hydrogen-bond donors (Lipinski definition) is 0. The summed E-state index contributed by atoms with van der Waals surface area (Å²) in [6.07, 6.45) is 10.8. The minimum Gasteiger partial charge on any atom is -0.129 e.